The van der Waals surface area contributed by atoms with E-state index in [0.29, 0.717) is 19.2 Å². The molecule has 2 unspecified atom stereocenters. The number of carbonyl (C=O) groups excluding carboxylic acids is 1. The molecule has 0 aromatic rings. The number of nitrogens with zero attached hydrogens (tertiary/aromatic N) is 2. The summed E-state index contributed by atoms with van der Waals surface area (Å²) in [5, 5.41) is 3.38. The van der Waals surface area contributed by atoms with Gasteiger partial charge >= 0.3 is 5.97 Å². The van der Waals surface area contributed by atoms with Crippen LogP contribution in [0, 0.1) is 5.92 Å². The second-order valence-electron chi connectivity index (χ2n) is 5.21. The largest absolute Gasteiger partial charge is 0.466 e. The third-order valence-electron chi connectivity index (χ3n) is 3.50. The molecule has 1 aliphatic heterocycles. The second kappa shape index (κ2) is 7.71. The first-order chi connectivity index (χ1) is 8.54. The maximum atomic E-state index is 11.5. The van der Waals surface area contributed by atoms with Crippen LogP contribution in [-0.2, 0) is 9.53 Å². The monoisotopic (exact) mass is 257 g/mol. The van der Waals surface area contributed by atoms with E-state index in [1.807, 2.05) is 13.8 Å². The van der Waals surface area contributed by atoms with Crippen LogP contribution in [0.5, 0.6) is 0 Å². The number of esters is 1. The number of rotatable bonds is 6. The molecule has 5 nitrogen and oxygen atoms in total. The number of piperazine rings is 1. The number of carbonyl (C=O) groups is 1. The molecular formula is C13H27N3O2. The molecule has 106 valence electrons. The van der Waals surface area contributed by atoms with Gasteiger partial charge in [-0.1, -0.05) is 6.92 Å². The van der Waals surface area contributed by atoms with Crippen LogP contribution in [0.2, 0.25) is 0 Å². The zero-order valence-electron chi connectivity index (χ0n) is 12.1. The van der Waals surface area contributed by atoms with Gasteiger partial charge in [-0.15, -0.1) is 0 Å². The van der Waals surface area contributed by atoms with E-state index in [2.05, 4.69) is 29.2 Å². The van der Waals surface area contributed by atoms with Crippen molar-refractivity contribution in [1.82, 2.24) is 15.1 Å². The summed E-state index contributed by atoms with van der Waals surface area (Å²) in [6.45, 7) is 9.13. The van der Waals surface area contributed by atoms with Gasteiger partial charge < -0.3 is 15.0 Å². The van der Waals surface area contributed by atoms with Crippen molar-refractivity contribution in [3.63, 3.8) is 0 Å². The summed E-state index contributed by atoms with van der Waals surface area (Å²) in [6.07, 6.45) is 0. The zero-order chi connectivity index (χ0) is 13.5. The average molecular weight is 257 g/mol. The summed E-state index contributed by atoms with van der Waals surface area (Å²) in [4.78, 5) is 16.2. The Labute approximate surface area is 110 Å². The minimum absolute atomic E-state index is 0.0726. The van der Waals surface area contributed by atoms with Crippen LogP contribution < -0.4 is 5.32 Å². The molecule has 0 saturated carbocycles. The van der Waals surface area contributed by atoms with Crippen molar-refractivity contribution in [2.45, 2.75) is 19.9 Å². The lowest BCUT2D eigenvalue weighted by atomic mass is 10.1. The molecular weight excluding hydrogens is 230 g/mol. The van der Waals surface area contributed by atoms with Gasteiger partial charge in [0.05, 0.1) is 12.5 Å². The van der Waals surface area contributed by atoms with Crippen molar-refractivity contribution in [2.24, 2.45) is 5.92 Å². The lowest BCUT2D eigenvalue weighted by molar-refractivity contribution is -0.147. The molecule has 1 saturated heterocycles. The van der Waals surface area contributed by atoms with Crippen LogP contribution >= 0.6 is 0 Å². The zero-order valence-corrected chi connectivity index (χ0v) is 12.1. The molecule has 5 heteroatoms. The van der Waals surface area contributed by atoms with Crippen LogP contribution in [0.3, 0.4) is 0 Å². The first-order valence-electron chi connectivity index (χ1n) is 6.80. The van der Waals surface area contributed by atoms with Crippen LogP contribution in [0.15, 0.2) is 0 Å². The summed E-state index contributed by atoms with van der Waals surface area (Å²) in [7, 11) is 4.31. The van der Waals surface area contributed by atoms with E-state index < -0.39 is 0 Å². The van der Waals surface area contributed by atoms with Gasteiger partial charge in [0.1, 0.15) is 0 Å². The predicted molar refractivity (Wildman–Crippen MR) is 72.6 cm³/mol. The molecule has 0 spiro atoms. The third kappa shape index (κ3) is 4.92. The average Bonchev–Trinajstić information content (AvgIpc) is 2.33. The Morgan fingerprint density at radius 2 is 2.17 bits per heavy atom. The van der Waals surface area contributed by atoms with E-state index >= 15 is 0 Å². The summed E-state index contributed by atoms with van der Waals surface area (Å²) >= 11 is 0. The normalized spacial score (nSPS) is 23.9. The Morgan fingerprint density at radius 3 is 2.83 bits per heavy atom. The maximum Gasteiger partial charge on any atom is 0.309 e. The van der Waals surface area contributed by atoms with Gasteiger partial charge in [-0.3, -0.25) is 9.69 Å². The maximum absolute atomic E-state index is 11.5. The second-order valence-corrected chi connectivity index (χ2v) is 5.21. The van der Waals surface area contributed by atoms with Gasteiger partial charge in [0.25, 0.3) is 0 Å². The van der Waals surface area contributed by atoms with E-state index in [4.69, 9.17) is 4.74 Å². The SMILES string of the molecule is CCOC(=O)C(C)CNCC1CN(C)CCN1C. The Balaban J connectivity index is 2.22. The van der Waals surface area contributed by atoms with Crippen LogP contribution in [0.25, 0.3) is 0 Å². The minimum atomic E-state index is -0.112. The highest BCUT2D eigenvalue weighted by Crippen LogP contribution is 2.05. The van der Waals surface area contributed by atoms with Crippen LogP contribution in [-0.4, -0.2) is 75.2 Å². The number of nitrogens with one attached hydrogen (secondary N) is 1. The molecule has 0 amide bonds. The fourth-order valence-electron chi connectivity index (χ4n) is 2.16. The first kappa shape index (κ1) is 15.4. The standard InChI is InChI=1S/C13H27N3O2/c1-5-18-13(17)11(2)8-14-9-12-10-15(3)6-7-16(12)4/h11-12,14H,5-10H2,1-4H3. The molecule has 0 aliphatic carbocycles. The lowest BCUT2D eigenvalue weighted by Gasteiger charge is -2.37. The Bertz CT molecular complexity index is 261. The number of likely N-dealkylation sites (N-methyl/N-ethyl adjacent to an activating group) is 2. The van der Waals surface area contributed by atoms with Gasteiger partial charge in [-0.05, 0) is 21.0 Å². The van der Waals surface area contributed by atoms with Crippen LogP contribution in [0.4, 0.5) is 0 Å². The van der Waals surface area contributed by atoms with E-state index in [0.717, 1.165) is 26.2 Å². The van der Waals surface area contributed by atoms with Gasteiger partial charge in [0.2, 0.25) is 0 Å². The fraction of sp³-hybridized carbons (Fsp3) is 0.923. The van der Waals surface area contributed by atoms with Gasteiger partial charge in [-0.2, -0.15) is 0 Å². The van der Waals surface area contributed by atoms with E-state index in [1.165, 1.54) is 0 Å². The Kier molecular flexibility index (Phi) is 6.60. The lowest BCUT2D eigenvalue weighted by Crippen LogP contribution is -2.54. The number of ether oxygens (including phenoxy) is 1. The Hall–Kier alpha value is -0.650. The van der Waals surface area contributed by atoms with Gasteiger partial charge in [-0.25, -0.2) is 0 Å². The highest BCUT2D eigenvalue weighted by Gasteiger charge is 2.22. The molecule has 1 fully saturated rings. The molecule has 1 aliphatic rings. The molecule has 0 aromatic carbocycles. The fourth-order valence-corrected chi connectivity index (χ4v) is 2.16. The quantitative estimate of drug-likeness (QED) is 0.680. The highest BCUT2D eigenvalue weighted by molar-refractivity contribution is 5.72. The van der Waals surface area contributed by atoms with Crippen molar-refractivity contribution >= 4 is 5.97 Å². The van der Waals surface area contributed by atoms with Crippen molar-refractivity contribution in [1.29, 1.82) is 0 Å². The molecule has 0 radical (unpaired) electrons. The topological polar surface area (TPSA) is 44.8 Å². The molecule has 0 aromatic heterocycles. The molecule has 1 N–H and O–H groups in total. The summed E-state index contributed by atoms with van der Waals surface area (Å²) < 4.78 is 4.99. The smallest absolute Gasteiger partial charge is 0.309 e. The van der Waals surface area contributed by atoms with Crippen LogP contribution in [0.1, 0.15) is 13.8 Å². The molecule has 1 heterocycles. The molecule has 0 bridgehead atoms. The van der Waals surface area contributed by atoms with Crippen molar-refractivity contribution in [2.75, 3.05) is 53.4 Å². The summed E-state index contributed by atoms with van der Waals surface area (Å²) in [5.41, 5.74) is 0. The van der Waals surface area contributed by atoms with E-state index in [1.54, 1.807) is 0 Å². The summed E-state index contributed by atoms with van der Waals surface area (Å²) in [5.74, 6) is -0.185. The summed E-state index contributed by atoms with van der Waals surface area (Å²) in [6, 6.07) is 0.526. The highest BCUT2D eigenvalue weighted by atomic mass is 16.5. The van der Waals surface area contributed by atoms with Crippen molar-refractivity contribution in [3.05, 3.63) is 0 Å². The number of hydrogen-bond donors (Lipinski definition) is 1. The molecule has 2 atom stereocenters. The minimum Gasteiger partial charge on any atom is -0.466 e. The first-order valence-corrected chi connectivity index (χ1v) is 6.80. The van der Waals surface area contributed by atoms with Crippen molar-refractivity contribution in [3.8, 4) is 0 Å². The van der Waals surface area contributed by atoms with Crippen molar-refractivity contribution < 1.29 is 9.53 Å². The van der Waals surface area contributed by atoms with Gasteiger partial charge in [0, 0.05) is 38.8 Å². The van der Waals surface area contributed by atoms with E-state index in [9.17, 15) is 4.79 Å². The van der Waals surface area contributed by atoms with E-state index in [-0.39, 0.29) is 11.9 Å². The molecule has 18 heavy (non-hydrogen) atoms. The number of hydrogen-bond acceptors (Lipinski definition) is 5. The Morgan fingerprint density at radius 1 is 1.44 bits per heavy atom. The third-order valence-corrected chi connectivity index (χ3v) is 3.50. The van der Waals surface area contributed by atoms with Gasteiger partial charge in [0.15, 0.2) is 0 Å². The predicted octanol–water partition coefficient (Wildman–Crippen LogP) is 0.0210. The molecule has 1 rings (SSSR count).